The monoisotopic (exact) mass is 317 g/mol. The molecule has 0 amide bonds. The first-order chi connectivity index (χ1) is 8.08. The molecule has 0 saturated heterocycles. The van der Waals surface area contributed by atoms with Gasteiger partial charge >= 0.3 is 0 Å². The topological polar surface area (TPSA) is 39.2 Å². The molecule has 0 bridgehead atoms. The summed E-state index contributed by atoms with van der Waals surface area (Å²) in [5, 5.41) is 0.282. The van der Waals surface area contributed by atoms with Crippen LogP contribution in [0.15, 0.2) is 39.4 Å². The molecule has 2 nitrogen and oxygen atoms in total. The molecule has 2 N–H and O–H groups in total. The second-order valence-corrected chi connectivity index (χ2v) is 4.89. The van der Waals surface area contributed by atoms with Crippen molar-refractivity contribution in [1.29, 1.82) is 0 Å². The van der Waals surface area contributed by atoms with Crippen LogP contribution in [0.2, 0.25) is 5.22 Å². The second-order valence-electron chi connectivity index (χ2n) is 3.70. The Kier molecular flexibility index (Phi) is 3.86. The highest BCUT2D eigenvalue weighted by atomic mass is 79.9. The van der Waals surface area contributed by atoms with Gasteiger partial charge in [-0.3, -0.25) is 0 Å². The lowest BCUT2D eigenvalue weighted by molar-refractivity contribution is 0.560. The summed E-state index contributed by atoms with van der Waals surface area (Å²) in [5.41, 5.74) is 7.53. The average molecular weight is 319 g/mol. The lowest BCUT2D eigenvalue weighted by Crippen LogP contribution is -2.13. The number of hydrogen-bond donors (Lipinski definition) is 1. The van der Waals surface area contributed by atoms with Crippen LogP contribution < -0.4 is 5.73 Å². The van der Waals surface area contributed by atoms with Gasteiger partial charge in [0.25, 0.3) is 0 Å². The van der Waals surface area contributed by atoms with Crippen molar-refractivity contribution < 1.29 is 8.81 Å². The van der Waals surface area contributed by atoms with Crippen molar-refractivity contribution in [3.05, 3.63) is 57.2 Å². The molecule has 2 aromatic rings. The van der Waals surface area contributed by atoms with Crippen molar-refractivity contribution in [1.82, 2.24) is 0 Å². The first-order valence-electron chi connectivity index (χ1n) is 5.00. The third-order valence-electron chi connectivity index (χ3n) is 2.49. The Hall–Kier alpha value is -0.840. The maximum Gasteiger partial charge on any atom is 0.197 e. The maximum atomic E-state index is 13.1. The second kappa shape index (κ2) is 5.21. The highest BCUT2D eigenvalue weighted by Gasteiger charge is 2.15. The van der Waals surface area contributed by atoms with E-state index in [0.29, 0.717) is 6.42 Å². The molecule has 1 aromatic carbocycles. The number of nitrogens with two attached hydrogens (primary N) is 1. The predicted octanol–water partition coefficient (Wildman–Crippen LogP) is 4.08. The van der Waals surface area contributed by atoms with E-state index in [-0.39, 0.29) is 17.1 Å². The minimum absolute atomic E-state index is 0.282. The van der Waals surface area contributed by atoms with Crippen LogP contribution in [0.25, 0.3) is 0 Å². The quantitative estimate of drug-likeness (QED) is 0.926. The van der Waals surface area contributed by atoms with Gasteiger partial charge in [0.05, 0.1) is 6.26 Å². The van der Waals surface area contributed by atoms with Crippen LogP contribution in [0, 0.1) is 5.82 Å². The summed E-state index contributed by atoms with van der Waals surface area (Å²) in [4.78, 5) is 0. The van der Waals surface area contributed by atoms with Gasteiger partial charge in [0.1, 0.15) is 5.82 Å². The Bertz CT molecular complexity index is 529. The Balaban J connectivity index is 2.21. The minimum atomic E-state index is -0.320. The van der Waals surface area contributed by atoms with E-state index >= 15 is 0 Å². The zero-order chi connectivity index (χ0) is 12.4. The zero-order valence-electron chi connectivity index (χ0n) is 8.79. The van der Waals surface area contributed by atoms with E-state index in [9.17, 15) is 4.39 Å². The highest BCUT2D eigenvalue weighted by Crippen LogP contribution is 2.27. The van der Waals surface area contributed by atoms with Gasteiger partial charge in [-0.15, -0.1) is 0 Å². The van der Waals surface area contributed by atoms with Gasteiger partial charge in [0.15, 0.2) is 5.22 Å². The van der Waals surface area contributed by atoms with Crippen molar-refractivity contribution in [2.45, 2.75) is 12.5 Å². The SMILES string of the molecule is NC(Cc1cc(F)ccc1Br)c1ccoc1Cl. The van der Waals surface area contributed by atoms with Crippen LogP contribution in [0.3, 0.4) is 0 Å². The summed E-state index contributed by atoms with van der Waals surface area (Å²) in [6.07, 6.45) is 1.97. The van der Waals surface area contributed by atoms with Crippen molar-refractivity contribution >= 4 is 27.5 Å². The molecule has 1 heterocycles. The molecule has 5 heteroatoms. The van der Waals surface area contributed by atoms with Crippen LogP contribution >= 0.6 is 27.5 Å². The molecule has 1 atom stereocenters. The highest BCUT2D eigenvalue weighted by molar-refractivity contribution is 9.10. The number of furan rings is 1. The molecule has 0 spiro atoms. The molecular formula is C12H10BrClFNO. The van der Waals surface area contributed by atoms with E-state index in [4.69, 9.17) is 21.8 Å². The Morgan fingerprint density at radius 2 is 2.18 bits per heavy atom. The Morgan fingerprint density at radius 3 is 2.82 bits per heavy atom. The molecule has 0 fully saturated rings. The molecule has 0 radical (unpaired) electrons. The molecular weight excluding hydrogens is 308 g/mol. The molecule has 17 heavy (non-hydrogen) atoms. The average Bonchev–Trinajstić information content (AvgIpc) is 2.70. The minimum Gasteiger partial charge on any atom is -0.453 e. The smallest absolute Gasteiger partial charge is 0.197 e. The van der Waals surface area contributed by atoms with Gasteiger partial charge in [-0.05, 0) is 47.9 Å². The molecule has 90 valence electrons. The zero-order valence-corrected chi connectivity index (χ0v) is 11.1. The van der Waals surface area contributed by atoms with Gasteiger partial charge in [-0.2, -0.15) is 0 Å². The largest absolute Gasteiger partial charge is 0.453 e. The number of benzene rings is 1. The summed E-state index contributed by atoms with van der Waals surface area (Å²) in [7, 11) is 0. The van der Waals surface area contributed by atoms with Gasteiger partial charge in [0, 0.05) is 16.1 Å². The van der Waals surface area contributed by atoms with Crippen LogP contribution in [-0.2, 0) is 6.42 Å². The summed E-state index contributed by atoms with van der Waals surface area (Å²) >= 11 is 9.20. The Labute approximate surface area is 112 Å². The summed E-state index contributed by atoms with van der Waals surface area (Å²) in [5.74, 6) is -0.284. The van der Waals surface area contributed by atoms with Crippen LogP contribution in [-0.4, -0.2) is 0 Å². The molecule has 0 aliphatic carbocycles. The molecule has 0 aliphatic heterocycles. The van der Waals surface area contributed by atoms with E-state index in [1.165, 1.54) is 18.4 Å². The number of hydrogen-bond acceptors (Lipinski definition) is 2. The van der Waals surface area contributed by atoms with Gasteiger partial charge in [-0.25, -0.2) is 4.39 Å². The van der Waals surface area contributed by atoms with Crippen molar-refractivity contribution in [2.75, 3.05) is 0 Å². The van der Waals surface area contributed by atoms with Crippen LogP contribution in [0.4, 0.5) is 4.39 Å². The van der Waals surface area contributed by atoms with Crippen LogP contribution in [0.5, 0.6) is 0 Å². The first kappa shape index (κ1) is 12.6. The van der Waals surface area contributed by atoms with Gasteiger partial charge < -0.3 is 10.2 Å². The van der Waals surface area contributed by atoms with E-state index in [2.05, 4.69) is 15.9 Å². The summed E-state index contributed by atoms with van der Waals surface area (Å²) in [6.45, 7) is 0. The number of halogens is 3. The molecule has 1 aromatic heterocycles. The third-order valence-corrected chi connectivity index (χ3v) is 3.57. The normalized spacial score (nSPS) is 12.7. The number of rotatable bonds is 3. The predicted molar refractivity (Wildman–Crippen MR) is 68.5 cm³/mol. The van der Waals surface area contributed by atoms with E-state index < -0.39 is 0 Å². The van der Waals surface area contributed by atoms with Gasteiger partial charge in [-0.1, -0.05) is 15.9 Å². The lowest BCUT2D eigenvalue weighted by atomic mass is 10.0. The van der Waals surface area contributed by atoms with Crippen molar-refractivity contribution in [2.24, 2.45) is 5.73 Å². The molecule has 2 rings (SSSR count). The summed E-state index contributed by atoms with van der Waals surface area (Å²) in [6, 6.07) is 5.91. The fourth-order valence-corrected chi connectivity index (χ4v) is 2.28. The standard InChI is InChI=1S/C12H10BrClFNO/c13-10-2-1-8(15)5-7(10)6-11(16)9-3-4-17-12(9)14/h1-5,11H,6,16H2. The van der Waals surface area contributed by atoms with Crippen LogP contribution in [0.1, 0.15) is 17.2 Å². The molecule has 1 unspecified atom stereocenters. The van der Waals surface area contributed by atoms with Crippen molar-refractivity contribution in [3.8, 4) is 0 Å². The summed E-state index contributed by atoms with van der Waals surface area (Å²) < 4.78 is 18.9. The van der Waals surface area contributed by atoms with E-state index in [1.54, 1.807) is 12.1 Å². The molecule has 0 aliphatic rings. The van der Waals surface area contributed by atoms with E-state index in [0.717, 1.165) is 15.6 Å². The lowest BCUT2D eigenvalue weighted by Gasteiger charge is -2.11. The van der Waals surface area contributed by atoms with E-state index in [1.807, 2.05) is 0 Å². The Morgan fingerprint density at radius 1 is 1.41 bits per heavy atom. The fraction of sp³-hybridized carbons (Fsp3) is 0.167. The van der Waals surface area contributed by atoms with Gasteiger partial charge in [0.2, 0.25) is 0 Å². The van der Waals surface area contributed by atoms with Crippen molar-refractivity contribution in [3.63, 3.8) is 0 Å². The third kappa shape index (κ3) is 2.89. The maximum absolute atomic E-state index is 13.1. The first-order valence-corrected chi connectivity index (χ1v) is 6.17. The molecule has 0 saturated carbocycles. The fourth-order valence-electron chi connectivity index (χ4n) is 1.62.